The molecule has 0 aliphatic heterocycles. The Kier molecular flexibility index (Phi) is 7.57. The van der Waals surface area contributed by atoms with Crippen LogP contribution in [0.25, 0.3) is 0 Å². The van der Waals surface area contributed by atoms with Gasteiger partial charge in [0, 0.05) is 5.38 Å². The molecular formula is C21H21N3O6S2. The highest BCUT2D eigenvalue weighted by molar-refractivity contribution is 7.89. The molecule has 0 saturated carbocycles. The molecule has 3 rings (SSSR count). The Bertz CT molecular complexity index is 1160. The Morgan fingerprint density at radius 1 is 1.12 bits per heavy atom. The van der Waals surface area contributed by atoms with Crippen LogP contribution in [0, 0.1) is 0 Å². The summed E-state index contributed by atoms with van der Waals surface area (Å²) in [6, 6.07) is 11.8. The summed E-state index contributed by atoms with van der Waals surface area (Å²) < 4.78 is 33.3. The number of aromatic nitrogens is 1. The van der Waals surface area contributed by atoms with E-state index in [-0.39, 0.29) is 10.5 Å². The number of thiazole rings is 1. The Hall–Kier alpha value is -3.28. The highest BCUT2D eigenvalue weighted by Crippen LogP contribution is 2.16. The van der Waals surface area contributed by atoms with E-state index in [1.54, 1.807) is 48.8 Å². The van der Waals surface area contributed by atoms with Crippen LogP contribution in [0.5, 0.6) is 5.75 Å². The van der Waals surface area contributed by atoms with E-state index in [0.29, 0.717) is 17.9 Å². The normalized spacial score (nSPS) is 12.1. The third-order valence-electron chi connectivity index (χ3n) is 4.38. The van der Waals surface area contributed by atoms with Crippen molar-refractivity contribution in [3.63, 3.8) is 0 Å². The summed E-state index contributed by atoms with van der Waals surface area (Å²) >= 11 is 1.48. The van der Waals surface area contributed by atoms with Crippen molar-refractivity contribution in [3.05, 3.63) is 76.2 Å². The summed E-state index contributed by atoms with van der Waals surface area (Å²) in [5.41, 5.74) is 3.49. The van der Waals surface area contributed by atoms with Crippen molar-refractivity contribution < 1.29 is 27.5 Å². The number of nitrogens with two attached hydrogens (primary N) is 1. The van der Waals surface area contributed by atoms with Gasteiger partial charge in [0.1, 0.15) is 12.4 Å². The van der Waals surface area contributed by atoms with Gasteiger partial charge < -0.3 is 14.8 Å². The summed E-state index contributed by atoms with van der Waals surface area (Å²) in [5, 5.41) is 9.63. The molecule has 0 aliphatic rings. The second-order valence-corrected chi connectivity index (χ2v) is 9.05. The minimum absolute atomic E-state index is 0.0201. The number of ether oxygens (including phenoxy) is 2. The summed E-state index contributed by atoms with van der Waals surface area (Å²) in [6.45, 7) is 1.59. The Balaban J connectivity index is 1.46. The highest BCUT2D eigenvalue weighted by atomic mass is 32.2. The van der Waals surface area contributed by atoms with Crippen LogP contribution < -0.4 is 15.2 Å². The van der Waals surface area contributed by atoms with E-state index in [4.69, 9.17) is 14.6 Å². The van der Waals surface area contributed by atoms with E-state index in [1.165, 1.54) is 23.5 Å². The summed E-state index contributed by atoms with van der Waals surface area (Å²) in [7, 11) is -3.78. The molecule has 32 heavy (non-hydrogen) atoms. The highest BCUT2D eigenvalue weighted by Gasteiger charge is 2.14. The fourth-order valence-electron chi connectivity index (χ4n) is 2.68. The Labute approximate surface area is 189 Å². The van der Waals surface area contributed by atoms with Gasteiger partial charge >= 0.3 is 5.97 Å². The molecule has 1 unspecified atom stereocenters. The van der Waals surface area contributed by atoms with Crippen LogP contribution in [-0.2, 0) is 26.2 Å². The number of sulfonamides is 1. The van der Waals surface area contributed by atoms with Crippen LogP contribution in [0.4, 0.5) is 0 Å². The van der Waals surface area contributed by atoms with Crippen molar-refractivity contribution >= 4 is 33.2 Å². The molecule has 0 fully saturated rings. The third-order valence-corrected chi connectivity index (χ3v) is 5.95. The molecule has 0 saturated heterocycles. The van der Waals surface area contributed by atoms with Gasteiger partial charge in [0.2, 0.25) is 10.0 Å². The molecule has 1 amide bonds. The first-order chi connectivity index (χ1) is 15.2. The SMILES string of the molecule is CC(NC(=O)COC(=O)c1ccc(OCc2cscn2)cc1)c1ccc(S(N)(=O)=O)cc1. The number of hydrogen-bond donors (Lipinski definition) is 2. The van der Waals surface area contributed by atoms with Crippen LogP contribution in [0.15, 0.2) is 64.3 Å². The van der Waals surface area contributed by atoms with E-state index in [0.717, 1.165) is 5.69 Å². The summed E-state index contributed by atoms with van der Waals surface area (Å²) in [5.74, 6) is -0.560. The number of primary sulfonamides is 1. The van der Waals surface area contributed by atoms with E-state index in [9.17, 15) is 18.0 Å². The van der Waals surface area contributed by atoms with Crippen molar-refractivity contribution in [2.24, 2.45) is 5.14 Å². The van der Waals surface area contributed by atoms with Gasteiger partial charge in [-0.3, -0.25) is 4.79 Å². The lowest BCUT2D eigenvalue weighted by molar-refractivity contribution is -0.124. The topological polar surface area (TPSA) is 138 Å². The molecule has 0 radical (unpaired) electrons. The molecule has 0 spiro atoms. The van der Waals surface area contributed by atoms with Gasteiger partial charge in [-0.15, -0.1) is 11.3 Å². The standard InChI is InChI=1S/C21H21N3O6S2/c1-14(15-4-8-19(9-5-15)32(22,27)28)24-20(25)11-30-21(26)16-2-6-18(7-3-16)29-10-17-12-31-13-23-17/h2-9,12-14H,10-11H2,1H3,(H,24,25)(H2,22,27,28). The lowest BCUT2D eigenvalue weighted by Gasteiger charge is -2.15. The fourth-order valence-corrected chi connectivity index (χ4v) is 3.74. The predicted molar refractivity (Wildman–Crippen MR) is 118 cm³/mol. The summed E-state index contributed by atoms with van der Waals surface area (Å²) in [6.07, 6.45) is 0. The predicted octanol–water partition coefficient (Wildman–Crippen LogP) is 2.40. The van der Waals surface area contributed by atoms with Crippen molar-refractivity contribution in [1.82, 2.24) is 10.3 Å². The number of hydrogen-bond acceptors (Lipinski definition) is 8. The molecule has 9 nitrogen and oxygen atoms in total. The first-order valence-corrected chi connectivity index (χ1v) is 11.9. The fraction of sp³-hybridized carbons (Fsp3) is 0.190. The Morgan fingerprint density at radius 2 is 1.81 bits per heavy atom. The minimum atomic E-state index is -3.78. The molecule has 3 aromatic rings. The number of rotatable bonds is 9. The van der Waals surface area contributed by atoms with E-state index in [1.807, 2.05) is 5.38 Å². The number of nitrogens with one attached hydrogen (secondary N) is 1. The Morgan fingerprint density at radius 3 is 2.41 bits per heavy atom. The van der Waals surface area contributed by atoms with Gasteiger partial charge in [-0.1, -0.05) is 12.1 Å². The molecule has 1 aromatic heterocycles. The molecule has 1 atom stereocenters. The molecule has 1 heterocycles. The molecular weight excluding hydrogens is 454 g/mol. The number of carbonyl (C=O) groups is 2. The molecule has 2 aromatic carbocycles. The molecule has 11 heteroatoms. The average molecular weight is 476 g/mol. The minimum Gasteiger partial charge on any atom is -0.487 e. The second kappa shape index (κ2) is 10.4. The van der Waals surface area contributed by atoms with Crippen molar-refractivity contribution in [3.8, 4) is 5.75 Å². The van der Waals surface area contributed by atoms with E-state index in [2.05, 4.69) is 10.3 Å². The van der Waals surface area contributed by atoms with Gasteiger partial charge in [-0.2, -0.15) is 0 Å². The monoisotopic (exact) mass is 475 g/mol. The van der Waals surface area contributed by atoms with Crippen molar-refractivity contribution in [1.29, 1.82) is 0 Å². The zero-order valence-electron chi connectivity index (χ0n) is 17.1. The number of benzene rings is 2. The van der Waals surface area contributed by atoms with Gasteiger partial charge in [0.25, 0.3) is 5.91 Å². The van der Waals surface area contributed by atoms with Crippen LogP contribution in [0.3, 0.4) is 0 Å². The average Bonchev–Trinajstić information content (AvgIpc) is 3.29. The first-order valence-electron chi connectivity index (χ1n) is 9.41. The van der Waals surface area contributed by atoms with E-state index < -0.39 is 34.5 Å². The zero-order valence-corrected chi connectivity index (χ0v) is 18.7. The lowest BCUT2D eigenvalue weighted by Crippen LogP contribution is -2.31. The smallest absolute Gasteiger partial charge is 0.338 e. The van der Waals surface area contributed by atoms with Crippen LogP contribution >= 0.6 is 11.3 Å². The van der Waals surface area contributed by atoms with Crippen LogP contribution in [0.1, 0.15) is 34.6 Å². The molecule has 168 valence electrons. The van der Waals surface area contributed by atoms with Crippen molar-refractivity contribution in [2.75, 3.05) is 6.61 Å². The molecule has 3 N–H and O–H groups in total. The third kappa shape index (κ3) is 6.61. The molecule has 0 aliphatic carbocycles. The van der Waals surface area contributed by atoms with Crippen LogP contribution in [-0.4, -0.2) is 31.9 Å². The van der Waals surface area contributed by atoms with Gasteiger partial charge in [0.15, 0.2) is 6.61 Å². The largest absolute Gasteiger partial charge is 0.487 e. The number of amides is 1. The first kappa shape index (κ1) is 23.4. The summed E-state index contributed by atoms with van der Waals surface area (Å²) in [4.78, 5) is 28.4. The van der Waals surface area contributed by atoms with Gasteiger partial charge in [-0.05, 0) is 48.9 Å². The lowest BCUT2D eigenvalue weighted by atomic mass is 10.1. The number of nitrogens with zero attached hydrogens (tertiary/aromatic N) is 1. The number of carbonyl (C=O) groups excluding carboxylic acids is 2. The second-order valence-electron chi connectivity index (χ2n) is 6.77. The zero-order chi connectivity index (χ0) is 23.1. The van der Waals surface area contributed by atoms with Gasteiger partial charge in [-0.25, -0.2) is 23.3 Å². The van der Waals surface area contributed by atoms with Gasteiger partial charge in [0.05, 0.1) is 27.7 Å². The van der Waals surface area contributed by atoms with Crippen LogP contribution in [0.2, 0.25) is 0 Å². The number of esters is 1. The van der Waals surface area contributed by atoms with E-state index >= 15 is 0 Å². The molecule has 0 bridgehead atoms. The van der Waals surface area contributed by atoms with Crippen molar-refractivity contribution in [2.45, 2.75) is 24.5 Å². The quantitative estimate of drug-likeness (QED) is 0.453. The maximum Gasteiger partial charge on any atom is 0.338 e. The maximum absolute atomic E-state index is 12.2. The maximum atomic E-state index is 12.2.